The molecule has 2 aliphatic rings. The smallest absolute Gasteiger partial charge is 0.408 e. The van der Waals surface area contributed by atoms with Gasteiger partial charge in [0.2, 0.25) is 5.91 Å². The molecule has 0 unspecified atom stereocenters. The SMILES string of the molecule is CC(C)(C)OC(=O)N[C@H]1C[C@](C)(O)CC[C@H]2CCCN2C1=O. The third kappa shape index (κ3) is 4.35. The average molecular weight is 312 g/mol. The molecule has 6 nitrogen and oxygen atoms in total. The van der Waals surface area contributed by atoms with Crippen molar-refractivity contribution in [2.75, 3.05) is 6.54 Å². The van der Waals surface area contributed by atoms with Gasteiger partial charge in [0.25, 0.3) is 0 Å². The van der Waals surface area contributed by atoms with Gasteiger partial charge in [-0.2, -0.15) is 0 Å². The second-order valence-corrected chi connectivity index (χ2v) is 7.77. The average Bonchev–Trinajstić information content (AvgIpc) is 2.79. The monoisotopic (exact) mass is 312 g/mol. The molecular weight excluding hydrogens is 284 g/mol. The lowest BCUT2D eigenvalue weighted by molar-refractivity contribution is -0.138. The van der Waals surface area contributed by atoms with E-state index in [9.17, 15) is 14.7 Å². The first-order chi connectivity index (χ1) is 10.1. The fourth-order valence-electron chi connectivity index (χ4n) is 3.30. The summed E-state index contributed by atoms with van der Waals surface area (Å²) in [6.45, 7) is 7.80. The van der Waals surface area contributed by atoms with Crippen LogP contribution in [-0.2, 0) is 9.53 Å². The molecule has 2 heterocycles. The molecule has 0 aliphatic carbocycles. The van der Waals surface area contributed by atoms with Gasteiger partial charge in [-0.15, -0.1) is 0 Å². The summed E-state index contributed by atoms with van der Waals surface area (Å²) in [5.41, 5.74) is -1.57. The zero-order valence-corrected chi connectivity index (χ0v) is 14.0. The lowest BCUT2D eigenvalue weighted by Gasteiger charge is -2.37. The van der Waals surface area contributed by atoms with Crippen molar-refractivity contribution >= 4 is 12.0 Å². The Labute approximate surface area is 132 Å². The van der Waals surface area contributed by atoms with Gasteiger partial charge >= 0.3 is 6.09 Å². The number of aliphatic hydroxyl groups is 1. The van der Waals surface area contributed by atoms with Crippen LogP contribution in [0.5, 0.6) is 0 Å². The molecule has 2 aliphatic heterocycles. The van der Waals surface area contributed by atoms with Gasteiger partial charge in [0, 0.05) is 19.0 Å². The summed E-state index contributed by atoms with van der Waals surface area (Å²) < 4.78 is 5.24. The van der Waals surface area contributed by atoms with E-state index in [-0.39, 0.29) is 18.4 Å². The minimum atomic E-state index is -0.954. The second kappa shape index (κ2) is 6.07. The Morgan fingerprint density at radius 2 is 2.09 bits per heavy atom. The van der Waals surface area contributed by atoms with Crippen LogP contribution in [0.25, 0.3) is 0 Å². The Morgan fingerprint density at radius 1 is 1.41 bits per heavy atom. The Hall–Kier alpha value is -1.30. The molecule has 0 aromatic carbocycles. The van der Waals surface area contributed by atoms with Gasteiger partial charge in [-0.3, -0.25) is 4.79 Å². The van der Waals surface area contributed by atoms with Gasteiger partial charge in [0.1, 0.15) is 11.6 Å². The predicted molar refractivity (Wildman–Crippen MR) is 82.4 cm³/mol. The number of alkyl carbamates (subject to hydrolysis) is 1. The molecule has 2 amide bonds. The summed E-state index contributed by atoms with van der Waals surface area (Å²) >= 11 is 0. The number of carbonyl (C=O) groups excluding carboxylic acids is 2. The van der Waals surface area contributed by atoms with Crippen molar-refractivity contribution in [3.05, 3.63) is 0 Å². The lowest BCUT2D eigenvalue weighted by atomic mass is 9.87. The summed E-state index contributed by atoms with van der Waals surface area (Å²) in [5.74, 6) is -0.103. The van der Waals surface area contributed by atoms with E-state index < -0.39 is 23.3 Å². The minimum absolute atomic E-state index is 0.103. The summed E-state index contributed by atoms with van der Waals surface area (Å²) in [6.07, 6.45) is 3.01. The van der Waals surface area contributed by atoms with E-state index in [4.69, 9.17) is 4.74 Å². The first-order valence-electron chi connectivity index (χ1n) is 8.10. The van der Waals surface area contributed by atoms with Crippen LogP contribution < -0.4 is 5.32 Å². The molecule has 2 fully saturated rings. The Balaban J connectivity index is 2.11. The molecule has 2 rings (SSSR count). The first-order valence-corrected chi connectivity index (χ1v) is 8.10. The van der Waals surface area contributed by atoms with Gasteiger partial charge < -0.3 is 20.1 Å². The maximum atomic E-state index is 12.7. The molecule has 126 valence electrons. The van der Waals surface area contributed by atoms with Crippen LogP contribution >= 0.6 is 0 Å². The highest BCUT2D eigenvalue weighted by molar-refractivity contribution is 5.86. The van der Waals surface area contributed by atoms with E-state index in [1.807, 2.05) is 4.90 Å². The number of fused-ring (bicyclic) bond motifs is 1. The van der Waals surface area contributed by atoms with E-state index in [0.717, 1.165) is 25.8 Å². The lowest BCUT2D eigenvalue weighted by Crippen LogP contribution is -2.55. The summed E-state index contributed by atoms with van der Waals surface area (Å²) in [5, 5.41) is 13.1. The molecule has 0 aromatic heterocycles. The third-order valence-electron chi connectivity index (χ3n) is 4.31. The van der Waals surface area contributed by atoms with Gasteiger partial charge in [-0.05, 0) is 53.4 Å². The van der Waals surface area contributed by atoms with E-state index in [2.05, 4.69) is 5.32 Å². The quantitative estimate of drug-likeness (QED) is 0.774. The molecule has 22 heavy (non-hydrogen) atoms. The van der Waals surface area contributed by atoms with Crippen molar-refractivity contribution in [1.82, 2.24) is 10.2 Å². The fraction of sp³-hybridized carbons (Fsp3) is 0.875. The zero-order chi connectivity index (χ0) is 16.5. The van der Waals surface area contributed by atoms with Crippen LogP contribution in [0.2, 0.25) is 0 Å². The molecule has 2 N–H and O–H groups in total. The molecule has 2 saturated heterocycles. The van der Waals surface area contributed by atoms with Gasteiger partial charge in [0.05, 0.1) is 5.60 Å². The predicted octanol–water partition coefficient (Wildman–Crippen LogP) is 1.81. The van der Waals surface area contributed by atoms with Crippen molar-refractivity contribution in [2.24, 2.45) is 0 Å². The molecule has 6 heteroatoms. The number of nitrogens with zero attached hydrogens (tertiary/aromatic N) is 1. The van der Waals surface area contributed by atoms with E-state index in [0.29, 0.717) is 6.42 Å². The maximum absolute atomic E-state index is 12.7. The van der Waals surface area contributed by atoms with E-state index in [1.54, 1.807) is 27.7 Å². The third-order valence-corrected chi connectivity index (χ3v) is 4.31. The summed E-state index contributed by atoms with van der Waals surface area (Å²) in [6, 6.07) is -0.548. The standard InChI is InChI=1S/C16H28N2O4/c1-15(2,3)22-14(20)17-12-10-16(4,21)8-7-11-6-5-9-18(11)13(12)19/h11-12,21H,5-10H2,1-4H3,(H,17,20)/t11-,12+,16-/m1/s1. The van der Waals surface area contributed by atoms with Crippen LogP contribution in [0.4, 0.5) is 4.79 Å². The van der Waals surface area contributed by atoms with Crippen molar-refractivity contribution in [3.63, 3.8) is 0 Å². The summed E-state index contributed by atoms with van der Waals surface area (Å²) in [7, 11) is 0. The number of rotatable bonds is 1. The highest BCUT2D eigenvalue weighted by Gasteiger charge is 2.41. The van der Waals surface area contributed by atoms with Crippen LogP contribution in [0.15, 0.2) is 0 Å². The maximum Gasteiger partial charge on any atom is 0.408 e. The molecule has 0 aromatic rings. The highest BCUT2D eigenvalue weighted by Crippen LogP contribution is 2.31. The Kier molecular flexibility index (Phi) is 4.70. The molecule has 3 atom stereocenters. The largest absolute Gasteiger partial charge is 0.444 e. The van der Waals surface area contributed by atoms with Gasteiger partial charge in [-0.25, -0.2) is 4.79 Å². The van der Waals surface area contributed by atoms with Crippen molar-refractivity contribution in [2.45, 2.75) is 83.1 Å². The number of ether oxygens (including phenoxy) is 1. The van der Waals surface area contributed by atoms with Crippen molar-refractivity contribution < 1.29 is 19.4 Å². The fourth-order valence-corrected chi connectivity index (χ4v) is 3.30. The van der Waals surface area contributed by atoms with Crippen LogP contribution in [0.3, 0.4) is 0 Å². The molecule has 0 bridgehead atoms. The molecule has 0 radical (unpaired) electrons. The van der Waals surface area contributed by atoms with Gasteiger partial charge in [-0.1, -0.05) is 0 Å². The molecular formula is C16H28N2O4. The van der Waals surface area contributed by atoms with Crippen molar-refractivity contribution in [1.29, 1.82) is 0 Å². The van der Waals surface area contributed by atoms with E-state index in [1.165, 1.54) is 0 Å². The minimum Gasteiger partial charge on any atom is -0.444 e. The molecule has 0 spiro atoms. The zero-order valence-electron chi connectivity index (χ0n) is 14.0. The Morgan fingerprint density at radius 3 is 2.73 bits per heavy atom. The van der Waals surface area contributed by atoms with Crippen molar-refractivity contribution in [3.8, 4) is 0 Å². The van der Waals surface area contributed by atoms with Crippen LogP contribution in [0, 0.1) is 0 Å². The number of hydrogen-bond acceptors (Lipinski definition) is 4. The topological polar surface area (TPSA) is 78.9 Å². The Bertz CT molecular complexity index is 442. The van der Waals surface area contributed by atoms with Crippen LogP contribution in [0.1, 0.15) is 59.8 Å². The molecule has 0 saturated carbocycles. The van der Waals surface area contributed by atoms with Gasteiger partial charge in [0.15, 0.2) is 0 Å². The van der Waals surface area contributed by atoms with Crippen LogP contribution in [-0.4, -0.2) is 51.8 Å². The number of carbonyl (C=O) groups is 2. The second-order valence-electron chi connectivity index (χ2n) is 7.77. The summed E-state index contributed by atoms with van der Waals surface area (Å²) in [4.78, 5) is 26.6. The first kappa shape index (κ1) is 17.1. The normalized spacial score (nSPS) is 33.0. The number of hydrogen-bond donors (Lipinski definition) is 2. The highest BCUT2D eigenvalue weighted by atomic mass is 16.6. The number of nitrogens with one attached hydrogen (secondary N) is 1. The number of amides is 2. The van der Waals surface area contributed by atoms with E-state index >= 15 is 0 Å².